The van der Waals surface area contributed by atoms with E-state index in [0.717, 1.165) is 17.4 Å². The molecule has 2 rings (SSSR count). The molecule has 1 atom stereocenters. The number of para-hydroxylation sites is 1. The number of carbonyl (C=O) groups excluding carboxylic acids is 1. The molecule has 0 aliphatic heterocycles. The third-order valence-electron chi connectivity index (χ3n) is 3.13. The molecular formula is C15H21N5O. The van der Waals surface area contributed by atoms with Crippen molar-refractivity contribution in [3.63, 3.8) is 0 Å². The Morgan fingerprint density at radius 2 is 2.10 bits per heavy atom. The summed E-state index contributed by atoms with van der Waals surface area (Å²) in [5.41, 5.74) is 3.80. The molecule has 1 amide bonds. The highest BCUT2D eigenvalue weighted by molar-refractivity contribution is 6.07. The zero-order valence-corrected chi connectivity index (χ0v) is 12.6. The van der Waals surface area contributed by atoms with Crippen molar-refractivity contribution in [2.24, 2.45) is 5.84 Å². The molecule has 0 radical (unpaired) electrons. The SMILES string of the molecule is CC(CN(C)C)NC(=O)c1cc(NN)nc2ccccc12. The van der Waals surface area contributed by atoms with Crippen molar-refractivity contribution in [2.45, 2.75) is 13.0 Å². The number of benzene rings is 1. The van der Waals surface area contributed by atoms with Crippen LogP contribution in [0, 0.1) is 0 Å². The number of nitrogen functional groups attached to an aromatic ring is 1. The Labute approximate surface area is 124 Å². The molecule has 4 N–H and O–H groups in total. The summed E-state index contributed by atoms with van der Waals surface area (Å²) in [6.07, 6.45) is 0. The molecule has 0 saturated carbocycles. The normalized spacial score (nSPS) is 12.4. The number of nitrogens with zero attached hydrogens (tertiary/aromatic N) is 2. The number of carbonyl (C=O) groups is 1. The Morgan fingerprint density at radius 1 is 1.38 bits per heavy atom. The summed E-state index contributed by atoms with van der Waals surface area (Å²) in [6.45, 7) is 2.75. The Morgan fingerprint density at radius 3 is 2.76 bits per heavy atom. The molecule has 0 spiro atoms. The van der Waals surface area contributed by atoms with E-state index in [1.54, 1.807) is 6.07 Å². The van der Waals surface area contributed by atoms with Crippen LogP contribution in [0.5, 0.6) is 0 Å². The van der Waals surface area contributed by atoms with Gasteiger partial charge in [-0.2, -0.15) is 0 Å². The summed E-state index contributed by atoms with van der Waals surface area (Å²) in [7, 11) is 3.95. The molecule has 1 heterocycles. The van der Waals surface area contributed by atoms with Gasteiger partial charge in [-0.3, -0.25) is 4.79 Å². The largest absolute Gasteiger partial charge is 0.348 e. The molecule has 1 aromatic carbocycles. The number of likely N-dealkylation sites (N-methyl/N-ethyl adjacent to an activating group) is 1. The maximum Gasteiger partial charge on any atom is 0.252 e. The van der Waals surface area contributed by atoms with Gasteiger partial charge in [0.1, 0.15) is 5.82 Å². The number of pyridine rings is 1. The summed E-state index contributed by atoms with van der Waals surface area (Å²) in [6, 6.07) is 9.23. The minimum Gasteiger partial charge on any atom is -0.348 e. The number of hydrazine groups is 1. The van der Waals surface area contributed by atoms with Gasteiger partial charge in [0.15, 0.2) is 0 Å². The monoisotopic (exact) mass is 287 g/mol. The van der Waals surface area contributed by atoms with E-state index in [4.69, 9.17) is 5.84 Å². The van der Waals surface area contributed by atoms with Crippen LogP contribution in [0.1, 0.15) is 17.3 Å². The molecule has 0 fully saturated rings. The van der Waals surface area contributed by atoms with Crippen LogP contribution < -0.4 is 16.6 Å². The van der Waals surface area contributed by atoms with Gasteiger partial charge in [-0.1, -0.05) is 18.2 Å². The zero-order chi connectivity index (χ0) is 15.4. The predicted molar refractivity (Wildman–Crippen MR) is 85.0 cm³/mol. The molecule has 0 aliphatic rings. The van der Waals surface area contributed by atoms with Gasteiger partial charge in [-0.05, 0) is 33.2 Å². The van der Waals surface area contributed by atoms with Gasteiger partial charge >= 0.3 is 0 Å². The number of anilines is 1. The van der Waals surface area contributed by atoms with Crippen molar-refractivity contribution in [2.75, 3.05) is 26.1 Å². The second kappa shape index (κ2) is 6.51. The topological polar surface area (TPSA) is 83.3 Å². The average molecular weight is 287 g/mol. The van der Waals surface area contributed by atoms with E-state index in [-0.39, 0.29) is 11.9 Å². The average Bonchev–Trinajstić information content (AvgIpc) is 2.44. The van der Waals surface area contributed by atoms with Crippen LogP contribution in [0.2, 0.25) is 0 Å². The summed E-state index contributed by atoms with van der Waals surface area (Å²) < 4.78 is 0. The molecule has 0 bridgehead atoms. The number of amides is 1. The molecular weight excluding hydrogens is 266 g/mol. The van der Waals surface area contributed by atoms with Gasteiger partial charge in [0.2, 0.25) is 0 Å². The van der Waals surface area contributed by atoms with Crippen LogP contribution in [-0.2, 0) is 0 Å². The molecule has 0 saturated heterocycles. The number of nitrogens with two attached hydrogens (primary N) is 1. The minimum absolute atomic E-state index is 0.0497. The van der Waals surface area contributed by atoms with E-state index >= 15 is 0 Å². The maximum atomic E-state index is 12.5. The fourth-order valence-electron chi connectivity index (χ4n) is 2.33. The molecule has 6 nitrogen and oxygen atoms in total. The first kappa shape index (κ1) is 15.2. The number of aromatic nitrogens is 1. The lowest BCUT2D eigenvalue weighted by atomic mass is 10.1. The lowest BCUT2D eigenvalue weighted by Gasteiger charge is -2.19. The number of nitrogens with one attached hydrogen (secondary N) is 2. The quantitative estimate of drug-likeness (QED) is 0.568. The highest BCUT2D eigenvalue weighted by atomic mass is 16.1. The van der Waals surface area contributed by atoms with Crippen LogP contribution in [-0.4, -0.2) is 42.5 Å². The second-order valence-corrected chi connectivity index (χ2v) is 5.35. The molecule has 21 heavy (non-hydrogen) atoms. The second-order valence-electron chi connectivity index (χ2n) is 5.35. The summed E-state index contributed by atoms with van der Waals surface area (Å²) in [5.74, 6) is 5.77. The van der Waals surface area contributed by atoms with E-state index in [1.165, 1.54) is 0 Å². The fourth-order valence-corrected chi connectivity index (χ4v) is 2.33. The lowest BCUT2D eigenvalue weighted by Crippen LogP contribution is -2.39. The first-order chi connectivity index (χ1) is 10.0. The standard InChI is InChI=1S/C15H21N5O/c1-10(9-20(2)3)17-15(21)12-8-14(19-16)18-13-7-5-4-6-11(12)13/h4-8,10H,9,16H2,1-3H3,(H,17,21)(H,18,19). The van der Waals surface area contributed by atoms with Crippen molar-refractivity contribution in [1.82, 2.24) is 15.2 Å². The Hall–Kier alpha value is -2.18. The van der Waals surface area contributed by atoms with E-state index in [2.05, 4.69) is 15.7 Å². The van der Waals surface area contributed by atoms with Crippen molar-refractivity contribution in [3.05, 3.63) is 35.9 Å². The fraction of sp³-hybridized carbons (Fsp3) is 0.333. The van der Waals surface area contributed by atoms with Gasteiger partial charge in [0.05, 0.1) is 11.1 Å². The van der Waals surface area contributed by atoms with E-state index in [9.17, 15) is 4.79 Å². The highest BCUT2D eigenvalue weighted by Gasteiger charge is 2.15. The van der Waals surface area contributed by atoms with Crippen LogP contribution in [0.4, 0.5) is 5.82 Å². The van der Waals surface area contributed by atoms with E-state index < -0.39 is 0 Å². The van der Waals surface area contributed by atoms with E-state index in [1.807, 2.05) is 50.2 Å². The predicted octanol–water partition coefficient (Wildman–Crippen LogP) is 1.20. The summed E-state index contributed by atoms with van der Waals surface area (Å²) in [4.78, 5) is 18.9. The number of fused-ring (bicyclic) bond motifs is 1. The van der Waals surface area contributed by atoms with Gasteiger partial charge in [0, 0.05) is 18.0 Å². The molecule has 112 valence electrons. The van der Waals surface area contributed by atoms with Crippen LogP contribution in [0.25, 0.3) is 10.9 Å². The zero-order valence-electron chi connectivity index (χ0n) is 12.6. The van der Waals surface area contributed by atoms with Crippen molar-refractivity contribution < 1.29 is 4.79 Å². The van der Waals surface area contributed by atoms with Crippen molar-refractivity contribution in [1.29, 1.82) is 0 Å². The highest BCUT2D eigenvalue weighted by Crippen LogP contribution is 2.20. The minimum atomic E-state index is -0.126. The molecule has 0 aliphatic carbocycles. The van der Waals surface area contributed by atoms with E-state index in [0.29, 0.717) is 11.4 Å². The number of rotatable bonds is 5. The first-order valence-corrected chi connectivity index (χ1v) is 6.83. The smallest absolute Gasteiger partial charge is 0.252 e. The number of hydrogen-bond donors (Lipinski definition) is 3. The van der Waals surface area contributed by atoms with Crippen molar-refractivity contribution >= 4 is 22.6 Å². The Bertz CT molecular complexity index is 641. The summed E-state index contributed by atoms with van der Waals surface area (Å²) in [5, 5.41) is 3.81. The van der Waals surface area contributed by atoms with Gasteiger partial charge < -0.3 is 15.6 Å². The molecule has 6 heteroatoms. The molecule has 2 aromatic rings. The molecule has 1 aromatic heterocycles. The lowest BCUT2D eigenvalue weighted by molar-refractivity contribution is 0.0936. The van der Waals surface area contributed by atoms with Crippen molar-refractivity contribution in [3.8, 4) is 0 Å². The van der Waals surface area contributed by atoms with Crippen LogP contribution >= 0.6 is 0 Å². The van der Waals surface area contributed by atoms with Crippen LogP contribution in [0.3, 0.4) is 0 Å². The Balaban J connectivity index is 2.33. The van der Waals surface area contributed by atoms with Crippen LogP contribution in [0.15, 0.2) is 30.3 Å². The number of hydrogen-bond acceptors (Lipinski definition) is 5. The third-order valence-corrected chi connectivity index (χ3v) is 3.13. The molecule has 1 unspecified atom stereocenters. The third kappa shape index (κ3) is 3.68. The van der Waals surface area contributed by atoms with Gasteiger partial charge in [-0.25, -0.2) is 10.8 Å². The maximum absolute atomic E-state index is 12.5. The van der Waals surface area contributed by atoms with Gasteiger partial charge in [0.25, 0.3) is 5.91 Å². The summed E-state index contributed by atoms with van der Waals surface area (Å²) >= 11 is 0. The Kier molecular flexibility index (Phi) is 4.72. The first-order valence-electron chi connectivity index (χ1n) is 6.83. The van der Waals surface area contributed by atoms with Gasteiger partial charge in [-0.15, -0.1) is 0 Å².